The Bertz CT molecular complexity index is 507. The lowest BCUT2D eigenvalue weighted by atomic mass is 10.1. The van der Waals surface area contributed by atoms with Crippen LogP contribution >= 0.6 is 0 Å². The minimum absolute atomic E-state index is 0.0894. The topological polar surface area (TPSA) is 84.3 Å². The number of amides is 1. The second-order valence-electron chi connectivity index (χ2n) is 4.40. The summed E-state index contributed by atoms with van der Waals surface area (Å²) < 4.78 is 13.1. The molecule has 0 aromatic heterocycles. The Hall–Kier alpha value is -2.02. The molecule has 1 amide bonds. The number of halogens is 1. The molecule has 1 unspecified atom stereocenters. The molecule has 1 aliphatic heterocycles. The first-order valence-corrected chi connectivity index (χ1v) is 6.02. The van der Waals surface area contributed by atoms with Crippen molar-refractivity contribution in [2.45, 2.75) is 25.4 Å². The molecule has 7 heteroatoms. The zero-order valence-electron chi connectivity index (χ0n) is 10.2. The van der Waals surface area contributed by atoms with E-state index in [0.29, 0.717) is 13.0 Å². The molecule has 0 saturated carbocycles. The van der Waals surface area contributed by atoms with Gasteiger partial charge in [0.1, 0.15) is 5.82 Å². The summed E-state index contributed by atoms with van der Waals surface area (Å²) in [5.74, 6) is -0.652. The van der Waals surface area contributed by atoms with Gasteiger partial charge in [-0.25, -0.2) is 4.39 Å². The van der Waals surface area contributed by atoms with E-state index < -0.39 is 10.7 Å². The Morgan fingerprint density at radius 1 is 1.53 bits per heavy atom. The van der Waals surface area contributed by atoms with Crippen LogP contribution in [0.25, 0.3) is 0 Å². The fourth-order valence-corrected chi connectivity index (χ4v) is 2.07. The highest BCUT2D eigenvalue weighted by molar-refractivity contribution is 5.82. The number of hydrogen-bond donors (Lipinski definition) is 2. The van der Waals surface area contributed by atoms with Gasteiger partial charge in [-0.15, -0.1) is 0 Å². The van der Waals surface area contributed by atoms with E-state index in [0.717, 1.165) is 24.6 Å². The van der Waals surface area contributed by atoms with Gasteiger partial charge >= 0.3 is 0 Å². The van der Waals surface area contributed by atoms with E-state index in [-0.39, 0.29) is 29.7 Å². The molecule has 2 rings (SSSR count). The van der Waals surface area contributed by atoms with Crippen molar-refractivity contribution < 1.29 is 14.1 Å². The molecular formula is C12H14FN3O3. The normalized spacial score (nSPS) is 19.0. The van der Waals surface area contributed by atoms with E-state index in [1.165, 1.54) is 0 Å². The average molecular weight is 267 g/mol. The van der Waals surface area contributed by atoms with Gasteiger partial charge in [0.2, 0.25) is 5.91 Å². The van der Waals surface area contributed by atoms with Crippen LogP contribution in [0.3, 0.4) is 0 Å². The summed E-state index contributed by atoms with van der Waals surface area (Å²) in [5, 5.41) is 16.5. The Kier molecular flexibility index (Phi) is 4.06. The van der Waals surface area contributed by atoms with Gasteiger partial charge < -0.3 is 10.6 Å². The van der Waals surface area contributed by atoms with Crippen LogP contribution in [-0.4, -0.2) is 23.4 Å². The van der Waals surface area contributed by atoms with Crippen molar-refractivity contribution >= 4 is 11.6 Å². The van der Waals surface area contributed by atoms with E-state index in [1.807, 2.05) is 0 Å². The molecule has 1 saturated heterocycles. The molecule has 102 valence electrons. The number of benzene rings is 1. The van der Waals surface area contributed by atoms with Crippen molar-refractivity contribution in [3.63, 3.8) is 0 Å². The number of rotatable bonds is 4. The molecule has 1 fully saturated rings. The van der Waals surface area contributed by atoms with Crippen molar-refractivity contribution in [1.82, 2.24) is 10.6 Å². The van der Waals surface area contributed by atoms with Gasteiger partial charge in [-0.2, -0.15) is 0 Å². The second-order valence-corrected chi connectivity index (χ2v) is 4.40. The van der Waals surface area contributed by atoms with Crippen LogP contribution in [0.2, 0.25) is 0 Å². The number of carbonyl (C=O) groups excluding carboxylic acids is 1. The predicted molar refractivity (Wildman–Crippen MR) is 65.9 cm³/mol. The summed E-state index contributed by atoms with van der Waals surface area (Å²) in [6, 6.07) is 2.92. The van der Waals surface area contributed by atoms with Gasteiger partial charge in [0.15, 0.2) is 0 Å². The van der Waals surface area contributed by atoms with Crippen LogP contribution in [0.1, 0.15) is 18.4 Å². The summed E-state index contributed by atoms with van der Waals surface area (Å²) in [6.45, 7) is 0.739. The maximum absolute atomic E-state index is 13.1. The molecule has 1 aromatic rings. The fourth-order valence-electron chi connectivity index (χ4n) is 2.07. The maximum atomic E-state index is 13.1. The molecular weight excluding hydrogens is 253 g/mol. The van der Waals surface area contributed by atoms with Gasteiger partial charge in [0.05, 0.1) is 11.0 Å². The van der Waals surface area contributed by atoms with Crippen LogP contribution in [0.15, 0.2) is 18.2 Å². The molecule has 1 aromatic carbocycles. The second kappa shape index (κ2) is 5.75. The van der Waals surface area contributed by atoms with Crippen molar-refractivity contribution in [1.29, 1.82) is 0 Å². The Morgan fingerprint density at radius 2 is 2.32 bits per heavy atom. The number of nitrogens with one attached hydrogen (secondary N) is 2. The summed E-state index contributed by atoms with van der Waals surface area (Å²) in [7, 11) is 0. The largest absolute Gasteiger partial charge is 0.355 e. The maximum Gasteiger partial charge on any atom is 0.274 e. The summed E-state index contributed by atoms with van der Waals surface area (Å²) in [4.78, 5) is 21.8. The minimum Gasteiger partial charge on any atom is -0.355 e. The molecule has 6 nitrogen and oxygen atoms in total. The molecule has 19 heavy (non-hydrogen) atoms. The first-order chi connectivity index (χ1) is 9.08. The highest BCUT2D eigenvalue weighted by Crippen LogP contribution is 2.19. The third kappa shape index (κ3) is 3.25. The average Bonchev–Trinajstić information content (AvgIpc) is 2.37. The Labute approximate surface area is 109 Å². The minimum atomic E-state index is -0.558. The molecule has 0 spiro atoms. The zero-order valence-corrected chi connectivity index (χ0v) is 10.2. The van der Waals surface area contributed by atoms with E-state index in [9.17, 15) is 19.3 Å². The molecule has 1 aliphatic rings. The first-order valence-electron chi connectivity index (χ1n) is 6.02. The third-order valence-electron chi connectivity index (χ3n) is 3.06. The summed E-state index contributed by atoms with van der Waals surface area (Å²) in [5.41, 5.74) is 0.0912. The number of nitro groups is 1. The van der Waals surface area contributed by atoms with Crippen molar-refractivity contribution in [3.05, 3.63) is 39.7 Å². The van der Waals surface area contributed by atoms with E-state index in [4.69, 9.17) is 0 Å². The van der Waals surface area contributed by atoms with Gasteiger partial charge in [0.25, 0.3) is 5.69 Å². The first kappa shape index (κ1) is 13.4. The summed E-state index contributed by atoms with van der Waals surface area (Å²) in [6.07, 6.45) is 1.53. The van der Waals surface area contributed by atoms with Gasteiger partial charge in [-0.1, -0.05) is 0 Å². The lowest BCUT2D eigenvalue weighted by Gasteiger charge is -2.22. The van der Waals surface area contributed by atoms with E-state index >= 15 is 0 Å². The quantitative estimate of drug-likeness (QED) is 0.632. The lowest BCUT2D eigenvalue weighted by molar-refractivity contribution is -0.385. The number of piperidine rings is 1. The number of carbonyl (C=O) groups is 1. The van der Waals surface area contributed by atoms with Crippen molar-refractivity contribution in [2.24, 2.45) is 0 Å². The molecule has 0 bridgehead atoms. The monoisotopic (exact) mass is 267 g/mol. The number of nitrogens with zero attached hydrogens (tertiary/aromatic N) is 1. The van der Waals surface area contributed by atoms with Crippen molar-refractivity contribution in [2.75, 3.05) is 6.54 Å². The Morgan fingerprint density at radius 3 is 3.00 bits per heavy atom. The predicted octanol–water partition coefficient (Wildman–Crippen LogP) is 1.10. The molecule has 1 atom stereocenters. The van der Waals surface area contributed by atoms with E-state index in [1.54, 1.807) is 0 Å². The third-order valence-corrected chi connectivity index (χ3v) is 3.06. The fraction of sp³-hybridized carbons (Fsp3) is 0.417. The standard InChI is InChI=1S/C12H14FN3O3/c13-9-3-4-11(16(18)19)8(6-9)7-15-10-2-1-5-14-12(10)17/h3-4,6,10,15H,1-2,5,7H2,(H,14,17). The molecule has 2 N–H and O–H groups in total. The Balaban J connectivity index is 2.08. The van der Waals surface area contributed by atoms with Gasteiger partial charge in [0, 0.05) is 24.7 Å². The lowest BCUT2D eigenvalue weighted by Crippen LogP contribution is -2.47. The van der Waals surface area contributed by atoms with Gasteiger partial charge in [-0.05, 0) is 25.0 Å². The highest BCUT2D eigenvalue weighted by Gasteiger charge is 2.22. The number of hydrogen-bond acceptors (Lipinski definition) is 4. The van der Waals surface area contributed by atoms with Crippen LogP contribution in [0.4, 0.5) is 10.1 Å². The highest BCUT2D eigenvalue weighted by atomic mass is 19.1. The van der Waals surface area contributed by atoms with Gasteiger partial charge in [-0.3, -0.25) is 14.9 Å². The number of nitro benzene ring substituents is 1. The molecule has 0 radical (unpaired) electrons. The van der Waals surface area contributed by atoms with Crippen molar-refractivity contribution in [3.8, 4) is 0 Å². The zero-order chi connectivity index (χ0) is 13.8. The van der Waals surface area contributed by atoms with Crippen LogP contribution in [0, 0.1) is 15.9 Å². The van der Waals surface area contributed by atoms with E-state index in [2.05, 4.69) is 10.6 Å². The van der Waals surface area contributed by atoms with Crippen LogP contribution < -0.4 is 10.6 Å². The van der Waals surface area contributed by atoms with Crippen LogP contribution in [-0.2, 0) is 11.3 Å². The summed E-state index contributed by atoms with van der Waals surface area (Å²) >= 11 is 0. The van der Waals surface area contributed by atoms with Crippen LogP contribution in [0.5, 0.6) is 0 Å². The SMILES string of the molecule is O=C1NCCCC1NCc1cc(F)ccc1[N+](=O)[O-]. The smallest absolute Gasteiger partial charge is 0.274 e. The molecule has 0 aliphatic carbocycles. The molecule has 1 heterocycles.